The lowest BCUT2D eigenvalue weighted by Gasteiger charge is -2.22. The highest BCUT2D eigenvalue weighted by Crippen LogP contribution is 2.25. The number of likely N-dealkylation sites (N-methyl/N-ethyl adjacent to an activating group) is 1. The van der Waals surface area contributed by atoms with E-state index in [0.29, 0.717) is 19.5 Å². The van der Waals surface area contributed by atoms with E-state index in [-0.39, 0.29) is 10.9 Å². The van der Waals surface area contributed by atoms with Crippen molar-refractivity contribution in [2.75, 3.05) is 26.7 Å². The molecule has 128 valence electrons. The lowest BCUT2D eigenvalue weighted by Crippen LogP contribution is -2.37. The van der Waals surface area contributed by atoms with Crippen LogP contribution in [0, 0.1) is 6.92 Å². The molecule has 23 heavy (non-hydrogen) atoms. The van der Waals surface area contributed by atoms with Gasteiger partial charge in [0.05, 0.1) is 5.69 Å². The van der Waals surface area contributed by atoms with Crippen LogP contribution in [0.1, 0.15) is 37.2 Å². The number of amides is 1. The van der Waals surface area contributed by atoms with E-state index in [0.717, 1.165) is 50.3 Å². The van der Waals surface area contributed by atoms with Gasteiger partial charge in [0.2, 0.25) is 5.91 Å². The molecule has 0 spiro atoms. The minimum atomic E-state index is -3.61. The number of likely N-dealkylation sites (tertiary alicyclic amines) is 1. The lowest BCUT2D eigenvalue weighted by atomic mass is 10.1. The number of carbonyl (C=O) groups excluding carboxylic acids is 1. The fourth-order valence-corrected chi connectivity index (χ4v) is 4.73. The van der Waals surface area contributed by atoms with Gasteiger partial charge in [0, 0.05) is 39.6 Å². The standard InChI is InChI=1S/C15H24N4O3S/c1-12-16-15(13-6-3-4-9-19(12)13)23(21,22)17(2)10-11-18-8-5-7-14(18)20/h3-11H2,1-2H3. The van der Waals surface area contributed by atoms with Gasteiger partial charge in [-0.05, 0) is 32.6 Å². The second kappa shape index (κ2) is 6.24. The summed E-state index contributed by atoms with van der Waals surface area (Å²) in [6.45, 7) is 4.18. The number of aromatic nitrogens is 2. The van der Waals surface area contributed by atoms with Crippen molar-refractivity contribution < 1.29 is 13.2 Å². The summed E-state index contributed by atoms with van der Waals surface area (Å²) in [5.41, 5.74) is 0.831. The van der Waals surface area contributed by atoms with E-state index in [1.54, 1.807) is 11.9 Å². The van der Waals surface area contributed by atoms with Crippen LogP contribution in [0.15, 0.2) is 5.03 Å². The first-order valence-electron chi connectivity index (χ1n) is 8.21. The lowest BCUT2D eigenvalue weighted by molar-refractivity contribution is -0.127. The maximum Gasteiger partial charge on any atom is 0.262 e. The molecule has 0 radical (unpaired) electrons. The summed E-state index contributed by atoms with van der Waals surface area (Å²) >= 11 is 0. The van der Waals surface area contributed by atoms with E-state index in [4.69, 9.17) is 0 Å². The summed E-state index contributed by atoms with van der Waals surface area (Å²) in [7, 11) is -2.04. The topological polar surface area (TPSA) is 75.5 Å². The maximum atomic E-state index is 12.9. The quantitative estimate of drug-likeness (QED) is 0.793. The van der Waals surface area contributed by atoms with Crippen LogP contribution in [-0.4, -0.2) is 59.8 Å². The van der Waals surface area contributed by atoms with E-state index in [9.17, 15) is 13.2 Å². The van der Waals surface area contributed by atoms with Gasteiger partial charge in [0.15, 0.2) is 5.03 Å². The summed E-state index contributed by atoms with van der Waals surface area (Å²) < 4.78 is 29.1. The summed E-state index contributed by atoms with van der Waals surface area (Å²) in [5.74, 6) is 0.882. The van der Waals surface area contributed by atoms with Crippen LogP contribution in [0.4, 0.5) is 0 Å². The molecule has 1 aromatic heterocycles. The Balaban J connectivity index is 1.77. The van der Waals surface area contributed by atoms with Crippen LogP contribution in [0.3, 0.4) is 0 Å². The van der Waals surface area contributed by atoms with E-state index in [1.807, 2.05) is 11.5 Å². The van der Waals surface area contributed by atoms with Crippen molar-refractivity contribution in [2.24, 2.45) is 0 Å². The third-order valence-electron chi connectivity index (χ3n) is 4.78. The zero-order valence-electron chi connectivity index (χ0n) is 13.8. The zero-order valence-corrected chi connectivity index (χ0v) is 14.6. The van der Waals surface area contributed by atoms with Crippen molar-refractivity contribution in [2.45, 2.75) is 50.6 Å². The van der Waals surface area contributed by atoms with Crippen LogP contribution in [0.2, 0.25) is 0 Å². The first-order valence-corrected chi connectivity index (χ1v) is 9.65. The Morgan fingerprint density at radius 2 is 1.96 bits per heavy atom. The molecule has 1 amide bonds. The number of rotatable bonds is 5. The Morgan fingerprint density at radius 3 is 2.65 bits per heavy atom. The molecule has 2 aliphatic heterocycles. The number of aryl methyl sites for hydroxylation is 1. The number of carbonyl (C=O) groups is 1. The van der Waals surface area contributed by atoms with Gasteiger partial charge >= 0.3 is 0 Å². The van der Waals surface area contributed by atoms with Gasteiger partial charge in [0.25, 0.3) is 10.0 Å². The van der Waals surface area contributed by atoms with Crippen LogP contribution in [0.5, 0.6) is 0 Å². The molecule has 8 heteroatoms. The third-order valence-corrected chi connectivity index (χ3v) is 6.60. The monoisotopic (exact) mass is 340 g/mol. The van der Waals surface area contributed by atoms with Crippen molar-refractivity contribution >= 4 is 15.9 Å². The minimum Gasteiger partial charge on any atom is -0.341 e. The maximum absolute atomic E-state index is 12.9. The average Bonchev–Trinajstić information content (AvgIpc) is 3.09. The Labute approximate surface area is 137 Å². The Kier molecular flexibility index (Phi) is 4.46. The number of sulfonamides is 1. The number of hydrogen-bond donors (Lipinski definition) is 0. The highest BCUT2D eigenvalue weighted by molar-refractivity contribution is 7.89. The SMILES string of the molecule is Cc1nc(S(=O)(=O)N(C)CCN2CCCC2=O)c2n1CCCC2. The Bertz CT molecular complexity index is 711. The molecular formula is C15H24N4O3S. The molecule has 1 aromatic rings. The molecule has 1 fully saturated rings. The predicted octanol–water partition coefficient (Wildman–Crippen LogP) is 0.771. The first kappa shape index (κ1) is 16.4. The molecule has 0 bridgehead atoms. The summed E-state index contributed by atoms with van der Waals surface area (Å²) in [4.78, 5) is 17.7. The summed E-state index contributed by atoms with van der Waals surface area (Å²) in [6.07, 6.45) is 4.26. The summed E-state index contributed by atoms with van der Waals surface area (Å²) in [6, 6.07) is 0. The molecule has 0 unspecified atom stereocenters. The van der Waals surface area contributed by atoms with Gasteiger partial charge in [0.1, 0.15) is 5.82 Å². The van der Waals surface area contributed by atoms with Gasteiger partial charge in [-0.1, -0.05) is 0 Å². The second-order valence-electron chi connectivity index (χ2n) is 6.33. The molecule has 3 rings (SSSR count). The molecule has 3 heterocycles. The van der Waals surface area contributed by atoms with Crippen LogP contribution < -0.4 is 0 Å². The van der Waals surface area contributed by atoms with Crippen molar-refractivity contribution in [3.8, 4) is 0 Å². The fraction of sp³-hybridized carbons (Fsp3) is 0.733. The zero-order chi connectivity index (χ0) is 16.6. The van der Waals surface area contributed by atoms with Crippen LogP contribution in [0.25, 0.3) is 0 Å². The largest absolute Gasteiger partial charge is 0.341 e. The second-order valence-corrected chi connectivity index (χ2v) is 8.29. The minimum absolute atomic E-state index is 0.117. The number of fused-ring (bicyclic) bond motifs is 1. The van der Waals surface area contributed by atoms with E-state index >= 15 is 0 Å². The Hall–Kier alpha value is -1.41. The van der Waals surface area contributed by atoms with E-state index < -0.39 is 10.0 Å². The summed E-state index contributed by atoms with van der Waals surface area (Å²) in [5, 5.41) is 0.199. The molecule has 0 aliphatic carbocycles. The predicted molar refractivity (Wildman–Crippen MR) is 85.5 cm³/mol. The molecule has 1 saturated heterocycles. The average molecular weight is 340 g/mol. The van der Waals surface area contributed by atoms with Gasteiger partial charge in [-0.2, -0.15) is 4.31 Å². The van der Waals surface area contributed by atoms with Crippen molar-refractivity contribution in [3.05, 3.63) is 11.5 Å². The van der Waals surface area contributed by atoms with Crippen molar-refractivity contribution in [3.63, 3.8) is 0 Å². The van der Waals surface area contributed by atoms with E-state index in [2.05, 4.69) is 4.98 Å². The highest BCUT2D eigenvalue weighted by Gasteiger charge is 2.31. The fourth-order valence-electron chi connectivity index (χ4n) is 3.36. The smallest absolute Gasteiger partial charge is 0.262 e. The van der Waals surface area contributed by atoms with Gasteiger partial charge in [-0.15, -0.1) is 0 Å². The number of imidazole rings is 1. The molecule has 0 atom stereocenters. The molecule has 0 saturated carbocycles. The molecule has 0 aromatic carbocycles. The molecular weight excluding hydrogens is 316 g/mol. The first-order chi connectivity index (χ1) is 10.9. The van der Waals surface area contributed by atoms with Gasteiger partial charge in [-0.25, -0.2) is 13.4 Å². The molecule has 0 N–H and O–H groups in total. The van der Waals surface area contributed by atoms with Crippen molar-refractivity contribution in [1.29, 1.82) is 0 Å². The third kappa shape index (κ3) is 3.01. The van der Waals surface area contributed by atoms with Crippen LogP contribution >= 0.6 is 0 Å². The highest BCUT2D eigenvalue weighted by atomic mass is 32.2. The Morgan fingerprint density at radius 1 is 1.17 bits per heavy atom. The molecule has 2 aliphatic rings. The normalized spacial score (nSPS) is 18.7. The van der Waals surface area contributed by atoms with E-state index in [1.165, 1.54) is 4.31 Å². The van der Waals surface area contributed by atoms with Crippen molar-refractivity contribution in [1.82, 2.24) is 18.8 Å². The number of nitrogens with zero attached hydrogens (tertiary/aromatic N) is 4. The van der Waals surface area contributed by atoms with Gasteiger partial charge < -0.3 is 9.47 Å². The van der Waals surface area contributed by atoms with Crippen LogP contribution in [-0.2, 0) is 27.8 Å². The molecule has 7 nitrogen and oxygen atoms in total. The van der Waals surface area contributed by atoms with Gasteiger partial charge in [-0.3, -0.25) is 4.79 Å². The number of hydrogen-bond acceptors (Lipinski definition) is 4.